The van der Waals surface area contributed by atoms with Crippen molar-refractivity contribution in [2.45, 2.75) is 33.2 Å². The lowest BCUT2D eigenvalue weighted by atomic mass is 9.93. The average molecular weight is 433 g/mol. The van der Waals surface area contributed by atoms with Crippen LogP contribution in [0, 0.1) is 19.7 Å². The molecular weight excluding hydrogens is 410 g/mol. The van der Waals surface area contributed by atoms with Crippen LogP contribution in [0.3, 0.4) is 0 Å². The second-order valence-corrected chi connectivity index (χ2v) is 7.61. The number of anilines is 3. The molecule has 0 saturated carbocycles. The first-order valence-electron chi connectivity index (χ1n) is 9.35. The molecular formula is C22H23Cl2FN4. The van der Waals surface area contributed by atoms with Crippen LogP contribution in [0.1, 0.15) is 35.3 Å². The van der Waals surface area contributed by atoms with Gasteiger partial charge in [0.25, 0.3) is 0 Å². The van der Waals surface area contributed by atoms with Gasteiger partial charge < -0.3 is 10.2 Å². The number of aryl methyl sites for hydroxylation is 1. The highest BCUT2D eigenvalue weighted by atomic mass is 35.5. The van der Waals surface area contributed by atoms with Gasteiger partial charge in [0.2, 0.25) is 5.95 Å². The molecule has 2 aromatic carbocycles. The minimum absolute atomic E-state index is 0. The molecule has 0 saturated heterocycles. The Labute approximate surface area is 181 Å². The first-order chi connectivity index (χ1) is 13.4. The Morgan fingerprint density at radius 2 is 1.83 bits per heavy atom. The Bertz CT molecular complexity index is 1020. The predicted molar refractivity (Wildman–Crippen MR) is 119 cm³/mol. The quantitative estimate of drug-likeness (QED) is 0.536. The van der Waals surface area contributed by atoms with E-state index in [1.165, 1.54) is 23.3 Å². The molecule has 3 aromatic rings. The second kappa shape index (κ2) is 8.56. The van der Waals surface area contributed by atoms with E-state index in [0.29, 0.717) is 5.95 Å². The van der Waals surface area contributed by atoms with Crippen molar-refractivity contribution in [3.63, 3.8) is 0 Å². The highest BCUT2D eigenvalue weighted by Crippen LogP contribution is 2.36. The normalized spacial score (nSPS) is 15.5. The standard InChI is InChI=1S/C22H22ClFN4.ClH/c1-13-14(2)25-22(26-19-8-6-18(24)7-9-19)27-21(13)28-11-10-16-4-5-17(23)12-20(16)15(28)3;/h4-9,12,15H,10-11H2,1-3H3,(H,25,26,27);1H. The molecule has 1 aromatic heterocycles. The van der Waals surface area contributed by atoms with Crippen molar-refractivity contribution >= 4 is 41.5 Å². The fraction of sp³-hybridized carbons (Fsp3) is 0.273. The van der Waals surface area contributed by atoms with E-state index in [1.807, 2.05) is 19.9 Å². The minimum atomic E-state index is -0.272. The summed E-state index contributed by atoms with van der Waals surface area (Å²) in [4.78, 5) is 11.7. The number of fused-ring (bicyclic) bond motifs is 1. The molecule has 29 heavy (non-hydrogen) atoms. The summed E-state index contributed by atoms with van der Waals surface area (Å²) in [5.74, 6) is 1.15. The van der Waals surface area contributed by atoms with Crippen molar-refractivity contribution in [2.75, 3.05) is 16.8 Å². The van der Waals surface area contributed by atoms with Crippen LogP contribution in [-0.4, -0.2) is 16.5 Å². The van der Waals surface area contributed by atoms with Gasteiger partial charge in [-0.1, -0.05) is 17.7 Å². The summed E-state index contributed by atoms with van der Waals surface area (Å²) < 4.78 is 13.2. The van der Waals surface area contributed by atoms with Gasteiger partial charge in [0.05, 0.1) is 6.04 Å². The molecule has 4 rings (SSSR count). The number of halogens is 3. The average Bonchev–Trinajstić information content (AvgIpc) is 2.67. The monoisotopic (exact) mass is 432 g/mol. The van der Waals surface area contributed by atoms with E-state index in [-0.39, 0.29) is 24.3 Å². The van der Waals surface area contributed by atoms with E-state index in [1.54, 1.807) is 12.1 Å². The lowest BCUT2D eigenvalue weighted by molar-refractivity contribution is 0.614. The zero-order valence-corrected chi connectivity index (χ0v) is 18.1. The maximum absolute atomic E-state index is 13.2. The fourth-order valence-corrected chi connectivity index (χ4v) is 3.87. The third-order valence-electron chi connectivity index (χ3n) is 5.38. The summed E-state index contributed by atoms with van der Waals surface area (Å²) in [5.41, 5.74) is 5.30. The molecule has 1 N–H and O–H groups in total. The largest absolute Gasteiger partial charge is 0.349 e. The van der Waals surface area contributed by atoms with Crippen LogP contribution in [0.5, 0.6) is 0 Å². The van der Waals surface area contributed by atoms with Crippen molar-refractivity contribution in [1.29, 1.82) is 0 Å². The van der Waals surface area contributed by atoms with E-state index in [4.69, 9.17) is 16.6 Å². The Hall–Kier alpha value is -2.37. The van der Waals surface area contributed by atoms with Crippen LogP contribution in [0.4, 0.5) is 21.8 Å². The molecule has 0 fully saturated rings. The van der Waals surface area contributed by atoms with Gasteiger partial charge >= 0.3 is 0 Å². The zero-order chi connectivity index (χ0) is 19.8. The van der Waals surface area contributed by atoms with Crippen molar-refractivity contribution in [3.8, 4) is 0 Å². The van der Waals surface area contributed by atoms with Crippen LogP contribution >= 0.6 is 24.0 Å². The van der Waals surface area contributed by atoms with Crippen LogP contribution in [0.25, 0.3) is 0 Å². The number of nitrogens with one attached hydrogen (secondary N) is 1. The summed E-state index contributed by atoms with van der Waals surface area (Å²) in [6.45, 7) is 7.09. The summed E-state index contributed by atoms with van der Waals surface area (Å²) in [7, 11) is 0. The Morgan fingerprint density at radius 1 is 1.10 bits per heavy atom. The first kappa shape index (κ1) is 21.3. The third-order valence-corrected chi connectivity index (χ3v) is 5.62. The van der Waals surface area contributed by atoms with Gasteiger partial charge in [-0.2, -0.15) is 4.98 Å². The minimum Gasteiger partial charge on any atom is -0.349 e. The topological polar surface area (TPSA) is 41.1 Å². The number of nitrogens with zero attached hydrogens (tertiary/aromatic N) is 3. The summed E-state index contributed by atoms with van der Waals surface area (Å²) in [6, 6.07) is 12.5. The van der Waals surface area contributed by atoms with Gasteiger partial charge in [0.1, 0.15) is 11.6 Å². The van der Waals surface area contributed by atoms with Crippen molar-refractivity contribution in [3.05, 3.63) is 75.7 Å². The molecule has 0 spiro atoms. The summed E-state index contributed by atoms with van der Waals surface area (Å²) >= 11 is 6.24. The lowest BCUT2D eigenvalue weighted by Gasteiger charge is -2.37. The van der Waals surface area contributed by atoms with E-state index >= 15 is 0 Å². The molecule has 7 heteroatoms. The van der Waals surface area contributed by atoms with Crippen molar-refractivity contribution in [1.82, 2.24) is 9.97 Å². The Morgan fingerprint density at radius 3 is 2.55 bits per heavy atom. The highest BCUT2D eigenvalue weighted by Gasteiger charge is 2.27. The van der Waals surface area contributed by atoms with Gasteiger partial charge in [0.15, 0.2) is 0 Å². The fourth-order valence-electron chi connectivity index (χ4n) is 3.69. The molecule has 1 aliphatic rings. The zero-order valence-electron chi connectivity index (χ0n) is 16.5. The van der Waals surface area contributed by atoms with Gasteiger partial charge in [-0.3, -0.25) is 0 Å². The van der Waals surface area contributed by atoms with Crippen LogP contribution < -0.4 is 10.2 Å². The lowest BCUT2D eigenvalue weighted by Crippen LogP contribution is -2.35. The van der Waals surface area contributed by atoms with E-state index in [0.717, 1.165) is 40.8 Å². The molecule has 4 nitrogen and oxygen atoms in total. The first-order valence-corrected chi connectivity index (χ1v) is 9.73. The summed E-state index contributed by atoms with van der Waals surface area (Å²) in [6.07, 6.45) is 0.945. The summed E-state index contributed by atoms with van der Waals surface area (Å²) in [5, 5.41) is 3.94. The van der Waals surface area contributed by atoms with Crippen molar-refractivity contribution < 1.29 is 4.39 Å². The number of aromatic nitrogens is 2. The molecule has 0 radical (unpaired) electrons. The smallest absolute Gasteiger partial charge is 0.229 e. The molecule has 0 bridgehead atoms. The highest BCUT2D eigenvalue weighted by molar-refractivity contribution is 6.30. The maximum Gasteiger partial charge on any atom is 0.229 e. The Kier molecular flexibility index (Phi) is 6.30. The van der Waals surface area contributed by atoms with Gasteiger partial charge in [-0.25, -0.2) is 9.37 Å². The third kappa shape index (κ3) is 4.31. The van der Waals surface area contributed by atoms with E-state index in [2.05, 4.69) is 34.3 Å². The number of hydrogen-bond donors (Lipinski definition) is 1. The molecule has 1 atom stereocenters. The molecule has 1 aliphatic heterocycles. The van der Waals surface area contributed by atoms with Gasteiger partial charge in [-0.05, 0) is 74.7 Å². The van der Waals surface area contributed by atoms with Crippen LogP contribution in [0.15, 0.2) is 42.5 Å². The van der Waals surface area contributed by atoms with E-state index < -0.39 is 0 Å². The van der Waals surface area contributed by atoms with E-state index in [9.17, 15) is 4.39 Å². The molecule has 0 amide bonds. The second-order valence-electron chi connectivity index (χ2n) is 7.18. The molecule has 152 valence electrons. The number of hydrogen-bond acceptors (Lipinski definition) is 4. The number of rotatable bonds is 3. The molecule has 0 aliphatic carbocycles. The molecule has 2 heterocycles. The number of benzene rings is 2. The maximum atomic E-state index is 13.2. The SMILES string of the molecule is Cc1nc(Nc2ccc(F)cc2)nc(N2CCc3ccc(Cl)cc3C2C)c1C.Cl. The predicted octanol–water partition coefficient (Wildman–Crippen LogP) is 6.18. The Balaban J connectivity index is 0.00000240. The molecule has 1 unspecified atom stereocenters. The van der Waals surface area contributed by atoms with Crippen LogP contribution in [0.2, 0.25) is 5.02 Å². The van der Waals surface area contributed by atoms with Crippen LogP contribution in [-0.2, 0) is 6.42 Å². The van der Waals surface area contributed by atoms with Crippen molar-refractivity contribution in [2.24, 2.45) is 0 Å². The van der Waals surface area contributed by atoms with Gasteiger partial charge in [0, 0.05) is 28.5 Å². The van der Waals surface area contributed by atoms with Gasteiger partial charge in [-0.15, -0.1) is 12.4 Å².